The van der Waals surface area contributed by atoms with Crippen LogP contribution in [0.3, 0.4) is 0 Å². The van der Waals surface area contributed by atoms with Crippen LogP contribution in [-0.2, 0) is 4.74 Å². The van der Waals surface area contributed by atoms with Gasteiger partial charge in [-0.05, 0) is 55.2 Å². The van der Waals surface area contributed by atoms with E-state index >= 15 is 0 Å². The number of ether oxygens (including phenoxy) is 1. The first-order valence-corrected chi connectivity index (χ1v) is 6.81. The molecule has 0 N–H and O–H groups in total. The lowest BCUT2D eigenvalue weighted by Gasteiger charge is -2.27. The van der Waals surface area contributed by atoms with Crippen LogP contribution in [0.1, 0.15) is 37.2 Å². The van der Waals surface area contributed by atoms with E-state index in [2.05, 4.69) is 12.2 Å². The molecule has 1 nitrogen and oxygen atoms in total. The van der Waals surface area contributed by atoms with E-state index in [9.17, 15) is 8.78 Å². The van der Waals surface area contributed by atoms with Crippen LogP contribution in [0.2, 0.25) is 0 Å². The zero-order chi connectivity index (χ0) is 13.7. The molecular formula is C16H20F2O. The second-order valence-electron chi connectivity index (χ2n) is 5.17. The van der Waals surface area contributed by atoms with Crippen LogP contribution in [0.15, 0.2) is 30.4 Å². The van der Waals surface area contributed by atoms with Crippen LogP contribution < -0.4 is 0 Å². The summed E-state index contributed by atoms with van der Waals surface area (Å²) in [6.07, 6.45) is 8.54. The van der Waals surface area contributed by atoms with E-state index in [4.69, 9.17) is 4.74 Å². The fourth-order valence-corrected chi connectivity index (χ4v) is 2.76. The predicted octanol–water partition coefficient (Wildman–Crippen LogP) is 4.44. The number of methoxy groups -OCH3 is 1. The van der Waals surface area contributed by atoms with Gasteiger partial charge in [0.1, 0.15) is 0 Å². The molecule has 0 saturated heterocycles. The zero-order valence-electron chi connectivity index (χ0n) is 11.2. The Morgan fingerprint density at radius 1 is 1.16 bits per heavy atom. The molecule has 19 heavy (non-hydrogen) atoms. The maximum Gasteiger partial charge on any atom is 0.159 e. The fraction of sp³-hybridized carbons (Fsp3) is 0.500. The SMILES string of the molecule is COC/C=C/C1CCC(c2ccc(F)c(F)c2)CC1. The number of halogens is 2. The van der Waals surface area contributed by atoms with Crippen molar-refractivity contribution in [3.8, 4) is 0 Å². The normalized spacial score (nSPS) is 23.9. The summed E-state index contributed by atoms with van der Waals surface area (Å²) < 4.78 is 31.1. The monoisotopic (exact) mass is 266 g/mol. The molecule has 1 saturated carbocycles. The summed E-state index contributed by atoms with van der Waals surface area (Å²) in [5.74, 6) is -0.543. The third-order valence-electron chi connectivity index (χ3n) is 3.86. The van der Waals surface area contributed by atoms with Gasteiger partial charge in [0, 0.05) is 7.11 Å². The van der Waals surface area contributed by atoms with Gasteiger partial charge in [0.15, 0.2) is 11.6 Å². The Morgan fingerprint density at radius 2 is 1.89 bits per heavy atom. The highest BCUT2D eigenvalue weighted by molar-refractivity contribution is 5.22. The van der Waals surface area contributed by atoms with E-state index in [1.807, 2.05) is 0 Å². The molecule has 0 unspecified atom stereocenters. The summed E-state index contributed by atoms with van der Waals surface area (Å²) in [6, 6.07) is 4.29. The van der Waals surface area contributed by atoms with Crippen LogP contribution in [-0.4, -0.2) is 13.7 Å². The van der Waals surface area contributed by atoms with E-state index in [-0.39, 0.29) is 0 Å². The number of allylic oxidation sites excluding steroid dienone is 1. The smallest absolute Gasteiger partial charge is 0.159 e. The second kappa shape index (κ2) is 6.80. The average Bonchev–Trinajstić information content (AvgIpc) is 2.43. The van der Waals surface area contributed by atoms with Gasteiger partial charge in [0.25, 0.3) is 0 Å². The standard InChI is InChI=1S/C16H20F2O/c1-19-10-2-3-12-4-6-13(7-5-12)14-8-9-15(17)16(18)11-14/h2-3,8-9,11-13H,4-7,10H2,1H3/b3-2+. The lowest BCUT2D eigenvalue weighted by molar-refractivity contribution is 0.233. The molecule has 104 valence electrons. The molecule has 0 aromatic heterocycles. The first-order chi connectivity index (χ1) is 9.20. The minimum absolute atomic E-state index is 0.363. The van der Waals surface area contributed by atoms with Gasteiger partial charge in [-0.15, -0.1) is 0 Å². The zero-order valence-corrected chi connectivity index (χ0v) is 11.2. The Labute approximate surface area is 113 Å². The Bertz CT molecular complexity index is 434. The molecule has 0 amide bonds. The van der Waals surface area contributed by atoms with Gasteiger partial charge < -0.3 is 4.74 Å². The Hall–Kier alpha value is -1.22. The summed E-state index contributed by atoms with van der Waals surface area (Å²) in [6.45, 7) is 0.656. The molecule has 1 aromatic rings. The average molecular weight is 266 g/mol. The summed E-state index contributed by atoms with van der Waals surface area (Å²) in [5.41, 5.74) is 0.929. The number of hydrogen-bond donors (Lipinski definition) is 0. The van der Waals surface area contributed by atoms with Crippen LogP contribution in [0.4, 0.5) is 8.78 Å². The Kier molecular flexibility index (Phi) is 5.08. The van der Waals surface area contributed by atoms with Crippen molar-refractivity contribution in [3.63, 3.8) is 0 Å². The molecule has 1 aromatic carbocycles. The van der Waals surface area contributed by atoms with E-state index in [1.165, 1.54) is 12.1 Å². The molecule has 3 heteroatoms. The van der Waals surface area contributed by atoms with E-state index in [1.54, 1.807) is 13.2 Å². The van der Waals surface area contributed by atoms with Crippen molar-refractivity contribution in [1.29, 1.82) is 0 Å². The predicted molar refractivity (Wildman–Crippen MR) is 72.1 cm³/mol. The van der Waals surface area contributed by atoms with E-state index < -0.39 is 11.6 Å². The minimum Gasteiger partial charge on any atom is -0.381 e. The van der Waals surface area contributed by atoms with Crippen molar-refractivity contribution in [2.75, 3.05) is 13.7 Å². The van der Waals surface area contributed by atoms with Crippen LogP contribution in [0, 0.1) is 17.6 Å². The third-order valence-corrected chi connectivity index (χ3v) is 3.86. The second-order valence-corrected chi connectivity index (χ2v) is 5.17. The van der Waals surface area contributed by atoms with Crippen molar-refractivity contribution in [2.24, 2.45) is 5.92 Å². The van der Waals surface area contributed by atoms with Gasteiger partial charge >= 0.3 is 0 Å². The quantitative estimate of drug-likeness (QED) is 0.732. The molecule has 1 fully saturated rings. The van der Waals surface area contributed by atoms with E-state index in [0.717, 1.165) is 31.2 Å². The highest BCUT2D eigenvalue weighted by Gasteiger charge is 2.21. The highest BCUT2D eigenvalue weighted by Crippen LogP contribution is 2.36. The summed E-state index contributed by atoms with van der Waals surface area (Å²) in [7, 11) is 1.68. The fourth-order valence-electron chi connectivity index (χ4n) is 2.76. The molecule has 1 aliphatic carbocycles. The molecule has 0 heterocycles. The molecule has 2 rings (SSSR count). The van der Waals surface area contributed by atoms with Crippen LogP contribution in [0.5, 0.6) is 0 Å². The molecule has 1 aliphatic rings. The molecule has 0 bridgehead atoms. The van der Waals surface area contributed by atoms with Crippen molar-refractivity contribution in [2.45, 2.75) is 31.6 Å². The van der Waals surface area contributed by atoms with Crippen molar-refractivity contribution < 1.29 is 13.5 Å². The molecular weight excluding hydrogens is 246 g/mol. The van der Waals surface area contributed by atoms with Gasteiger partial charge in [0.2, 0.25) is 0 Å². The molecule has 0 aliphatic heterocycles. The summed E-state index contributed by atoms with van der Waals surface area (Å²) >= 11 is 0. The molecule has 0 atom stereocenters. The van der Waals surface area contributed by atoms with Crippen molar-refractivity contribution in [1.82, 2.24) is 0 Å². The van der Waals surface area contributed by atoms with Gasteiger partial charge in [-0.2, -0.15) is 0 Å². The van der Waals surface area contributed by atoms with Crippen LogP contribution in [0.25, 0.3) is 0 Å². The van der Waals surface area contributed by atoms with Crippen molar-refractivity contribution in [3.05, 3.63) is 47.5 Å². The number of benzene rings is 1. The largest absolute Gasteiger partial charge is 0.381 e. The minimum atomic E-state index is -0.764. The van der Waals surface area contributed by atoms with Crippen molar-refractivity contribution >= 4 is 0 Å². The first kappa shape index (κ1) is 14.2. The van der Waals surface area contributed by atoms with Gasteiger partial charge in [-0.3, -0.25) is 0 Å². The third kappa shape index (κ3) is 3.87. The number of hydrogen-bond acceptors (Lipinski definition) is 1. The topological polar surface area (TPSA) is 9.23 Å². The Morgan fingerprint density at radius 3 is 2.53 bits per heavy atom. The lowest BCUT2D eigenvalue weighted by Crippen LogP contribution is -2.12. The summed E-state index contributed by atoms with van der Waals surface area (Å²) in [5, 5.41) is 0. The van der Waals surface area contributed by atoms with Gasteiger partial charge in [-0.1, -0.05) is 18.2 Å². The Balaban J connectivity index is 1.90. The maximum atomic E-state index is 13.2. The molecule has 0 spiro atoms. The van der Waals surface area contributed by atoms with Crippen LogP contribution >= 0.6 is 0 Å². The van der Waals surface area contributed by atoms with Gasteiger partial charge in [-0.25, -0.2) is 8.78 Å². The summed E-state index contributed by atoms with van der Waals surface area (Å²) in [4.78, 5) is 0. The molecule has 0 radical (unpaired) electrons. The van der Waals surface area contributed by atoms with E-state index in [0.29, 0.717) is 18.4 Å². The van der Waals surface area contributed by atoms with Gasteiger partial charge in [0.05, 0.1) is 6.61 Å². The lowest BCUT2D eigenvalue weighted by atomic mass is 9.78. The first-order valence-electron chi connectivity index (χ1n) is 6.81. The highest BCUT2D eigenvalue weighted by atomic mass is 19.2. The maximum absolute atomic E-state index is 13.2. The number of rotatable bonds is 4.